The Hall–Kier alpha value is -2.91. The summed E-state index contributed by atoms with van der Waals surface area (Å²) in [6.07, 6.45) is -3.38. The maximum absolute atomic E-state index is 12.5. The highest BCUT2D eigenvalue weighted by Gasteiger charge is 2.30. The van der Waals surface area contributed by atoms with Crippen molar-refractivity contribution in [2.45, 2.75) is 19.0 Å². The number of benzene rings is 1. The summed E-state index contributed by atoms with van der Waals surface area (Å²) >= 11 is 0. The highest BCUT2D eigenvalue weighted by atomic mass is 19.4. The lowest BCUT2D eigenvalue weighted by molar-refractivity contribution is -0.384. The number of anilines is 2. The number of nitro groups is 1. The minimum Gasteiger partial charge on any atom is -0.378 e. The maximum atomic E-state index is 12.5. The van der Waals surface area contributed by atoms with Crippen molar-refractivity contribution < 1.29 is 18.1 Å². The van der Waals surface area contributed by atoms with Crippen LogP contribution in [0.3, 0.4) is 0 Å². The predicted molar refractivity (Wildman–Crippen MR) is 81.4 cm³/mol. The van der Waals surface area contributed by atoms with Gasteiger partial charge in [-0.2, -0.15) is 18.2 Å². The minimum atomic E-state index is -4.37. The summed E-state index contributed by atoms with van der Waals surface area (Å²) in [7, 11) is 0. The summed E-state index contributed by atoms with van der Waals surface area (Å²) in [6.45, 7) is 2.13. The fourth-order valence-electron chi connectivity index (χ4n) is 1.98. The van der Waals surface area contributed by atoms with Crippen LogP contribution < -0.4 is 11.1 Å². The van der Waals surface area contributed by atoms with Gasteiger partial charge in [0, 0.05) is 6.54 Å². The van der Waals surface area contributed by atoms with Gasteiger partial charge in [-0.05, 0) is 23.6 Å². The van der Waals surface area contributed by atoms with Crippen molar-refractivity contribution in [3.8, 4) is 0 Å². The summed E-state index contributed by atoms with van der Waals surface area (Å²) in [5, 5.41) is 13.5. The van der Waals surface area contributed by atoms with E-state index in [2.05, 4.69) is 15.3 Å². The lowest BCUT2D eigenvalue weighted by atomic mass is 10.00. The van der Waals surface area contributed by atoms with E-state index in [-0.39, 0.29) is 17.7 Å². The van der Waals surface area contributed by atoms with Crippen LogP contribution in [0.2, 0.25) is 0 Å². The van der Waals surface area contributed by atoms with E-state index in [9.17, 15) is 23.3 Å². The van der Waals surface area contributed by atoms with E-state index in [4.69, 9.17) is 5.73 Å². The molecule has 2 aromatic rings. The number of nitrogens with two attached hydrogens (primary N) is 1. The van der Waals surface area contributed by atoms with E-state index in [1.807, 2.05) is 6.92 Å². The van der Waals surface area contributed by atoms with E-state index in [0.29, 0.717) is 12.1 Å². The molecular formula is C14H14F3N5O2. The molecule has 0 aliphatic rings. The molecule has 24 heavy (non-hydrogen) atoms. The second kappa shape index (κ2) is 6.69. The van der Waals surface area contributed by atoms with Gasteiger partial charge in [-0.15, -0.1) is 0 Å². The lowest BCUT2D eigenvalue weighted by Crippen LogP contribution is -2.13. The van der Waals surface area contributed by atoms with Gasteiger partial charge in [-0.25, -0.2) is 4.98 Å². The number of nitrogens with one attached hydrogen (secondary N) is 1. The molecule has 2 rings (SSSR count). The average molecular weight is 341 g/mol. The molecule has 0 saturated carbocycles. The minimum absolute atomic E-state index is 0.108. The van der Waals surface area contributed by atoms with Crippen molar-refractivity contribution >= 4 is 17.5 Å². The molecule has 0 amide bonds. The Balaban J connectivity index is 2.01. The smallest absolute Gasteiger partial charge is 0.378 e. The molecule has 0 fully saturated rings. The van der Waals surface area contributed by atoms with Crippen molar-refractivity contribution in [3.05, 3.63) is 51.7 Å². The van der Waals surface area contributed by atoms with E-state index in [0.717, 1.165) is 18.3 Å². The first-order valence-corrected chi connectivity index (χ1v) is 6.86. The van der Waals surface area contributed by atoms with Gasteiger partial charge in [0.2, 0.25) is 11.8 Å². The number of nitrogen functional groups attached to an aromatic ring is 1. The summed E-state index contributed by atoms with van der Waals surface area (Å²) in [6, 6.07) is 4.85. The van der Waals surface area contributed by atoms with Crippen LogP contribution in [0.4, 0.5) is 30.6 Å². The second-order valence-electron chi connectivity index (χ2n) is 5.12. The van der Waals surface area contributed by atoms with Crippen molar-refractivity contribution in [1.29, 1.82) is 0 Å². The first-order chi connectivity index (χ1) is 11.2. The van der Waals surface area contributed by atoms with Crippen LogP contribution in [0.5, 0.6) is 0 Å². The first-order valence-electron chi connectivity index (χ1n) is 6.86. The van der Waals surface area contributed by atoms with Crippen molar-refractivity contribution in [2.75, 3.05) is 17.6 Å². The van der Waals surface area contributed by atoms with Gasteiger partial charge < -0.3 is 11.1 Å². The molecule has 0 bridgehead atoms. The van der Waals surface area contributed by atoms with Crippen LogP contribution in [0.1, 0.15) is 24.0 Å². The average Bonchev–Trinajstić information content (AvgIpc) is 2.51. The number of hydrogen-bond acceptors (Lipinski definition) is 6. The van der Waals surface area contributed by atoms with Crippen LogP contribution in [-0.4, -0.2) is 21.4 Å². The summed E-state index contributed by atoms with van der Waals surface area (Å²) in [5.74, 6) is -0.288. The molecule has 0 aliphatic heterocycles. The molecule has 128 valence electrons. The molecule has 7 nitrogen and oxygen atoms in total. The molecule has 1 heterocycles. The molecule has 0 spiro atoms. The molecule has 3 N–H and O–H groups in total. The van der Waals surface area contributed by atoms with Crippen LogP contribution in [-0.2, 0) is 6.18 Å². The normalized spacial score (nSPS) is 12.7. The number of nitrogens with zero attached hydrogens (tertiary/aromatic N) is 3. The van der Waals surface area contributed by atoms with Gasteiger partial charge in [0.15, 0.2) is 0 Å². The first kappa shape index (κ1) is 17.4. The van der Waals surface area contributed by atoms with E-state index in [1.54, 1.807) is 0 Å². The molecule has 1 unspecified atom stereocenters. The van der Waals surface area contributed by atoms with E-state index < -0.39 is 22.4 Å². The van der Waals surface area contributed by atoms with Crippen LogP contribution in [0.25, 0.3) is 0 Å². The summed E-state index contributed by atoms with van der Waals surface area (Å²) in [4.78, 5) is 17.5. The van der Waals surface area contributed by atoms with Crippen LogP contribution in [0, 0.1) is 10.1 Å². The molecule has 0 aliphatic carbocycles. The standard InChI is InChI=1S/C14H14F3N5O2/c1-8(9-2-4-10(5-3-9)14(15,16)17)6-19-13-20-7-11(22(23)24)12(18)21-13/h2-5,7-8H,6H2,1H3,(H3,18,19,20,21). The number of hydrogen-bond donors (Lipinski definition) is 2. The highest BCUT2D eigenvalue weighted by molar-refractivity contribution is 5.53. The van der Waals surface area contributed by atoms with E-state index in [1.165, 1.54) is 12.1 Å². The predicted octanol–water partition coefficient (Wildman–Crippen LogP) is 3.20. The van der Waals surface area contributed by atoms with Gasteiger partial charge in [-0.3, -0.25) is 10.1 Å². The monoisotopic (exact) mass is 341 g/mol. The molecule has 1 aromatic carbocycles. The third-order valence-electron chi connectivity index (χ3n) is 3.37. The highest BCUT2D eigenvalue weighted by Crippen LogP contribution is 2.30. The van der Waals surface area contributed by atoms with Gasteiger partial charge in [-0.1, -0.05) is 19.1 Å². The lowest BCUT2D eigenvalue weighted by Gasteiger charge is -2.14. The van der Waals surface area contributed by atoms with Gasteiger partial charge in [0.1, 0.15) is 6.20 Å². The Morgan fingerprint density at radius 1 is 1.33 bits per heavy atom. The number of halogens is 3. The Morgan fingerprint density at radius 2 is 1.96 bits per heavy atom. The Labute approximate surface area is 134 Å². The number of aromatic nitrogens is 2. The Kier molecular flexibility index (Phi) is 4.86. The quantitative estimate of drug-likeness (QED) is 0.639. The molecule has 0 radical (unpaired) electrons. The Bertz CT molecular complexity index is 734. The largest absolute Gasteiger partial charge is 0.416 e. The molecule has 0 saturated heterocycles. The third-order valence-corrected chi connectivity index (χ3v) is 3.37. The molecule has 1 atom stereocenters. The SMILES string of the molecule is CC(CNc1ncc([N+](=O)[O-])c(N)n1)c1ccc(C(F)(F)F)cc1. The zero-order valence-electron chi connectivity index (χ0n) is 12.5. The molecule has 1 aromatic heterocycles. The van der Waals surface area contributed by atoms with Gasteiger partial charge in [0.05, 0.1) is 10.5 Å². The van der Waals surface area contributed by atoms with E-state index >= 15 is 0 Å². The number of alkyl halides is 3. The summed E-state index contributed by atoms with van der Waals surface area (Å²) < 4.78 is 37.6. The maximum Gasteiger partial charge on any atom is 0.416 e. The Morgan fingerprint density at radius 3 is 2.46 bits per heavy atom. The van der Waals surface area contributed by atoms with Crippen molar-refractivity contribution in [1.82, 2.24) is 9.97 Å². The summed E-state index contributed by atoms with van der Waals surface area (Å²) in [5.41, 5.74) is 5.05. The zero-order chi connectivity index (χ0) is 17.9. The fourth-order valence-corrected chi connectivity index (χ4v) is 1.98. The molecular weight excluding hydrogens is 327 g/mol. The van der Waals surface area contributed by atoms with Gasteiger partial charge in [0.25, 0.3) is 0 Å². The fraction of sp³-hybridized carbons (Fsp3) is 0.286. The zero-order valence-corrected chi connectivity index (χ0v) is 12.5. The van der Waals surface area contributed by atoms with Crippen LogP contribution in [0.15, 0.2) is 30.5 Å². The van der Waals surface area contributed by atoms with Crippen LogP contribution >= 0.6 is 0 Å². The van der Waals surface area contributed by atoms with Crippen molar-refractivity contribution in [2.24, 2.45) is 0 Å². The van der Waals surface area contributed by atoms with Gasteiger partial charge >= 0.3 is 11.9 Å². The topological polar surface area (TPSA) is 107 Å². The molecule has 10 heteroatoms. The number of rotatable bonds is 5. The second-order valence-corrected chi connectivity index (χ2v) is 5.12. The van der Waals surface area contributed by atoms with Crippen molar-refractivity contribution in [3.63, 3.8) is 0 Å². The third kappa shape index (κ3) is 4.09.